The number of rotatable bonds is 7. The Kier molecular flexibility index (Phi) is 6.15. The molecule has 11 nitrogen and oxygen atoms in total. The Labute approximate surface area is 221 Å². The van der Waals surface area contributed by atoms with Crippen LogP contribution in [0.4, 0.5) is 5.69 Å². The van der Waals surface area contributed by atoms with Crippen LogP contribution in [-0.2, 0) is 5.54 Å². The minimum atomic E-state index is -0.255. The van der Waals surface area contributed by atoms with E-state index >= 15 is 0 Å². The molecule has 3 aromatic heterocycles. The van der Waals surface area contributed by atoms with E-state index in [-0.39, 0.29) is 11.6 Å². The number of benzene rings is 2. The lowest BCUT2D eigenvalue weighted by atomic mass is 9.98. The molecule has 4 heterocycles. The summed E-state index contributed by atoms with van der Waals surface area (Å²) in [6, 6.07) is 18.5. The second kappa shape index (κ2) is 9.64. The number of aromatic nitrogens is 8. The molecule has 1 saturated heterocycles. The van der Waals surface area contributed by atoms with E-state index in [1.165, 1.54) is 5.69 Å². The van der Waals surface area contributed by atoms with E-state index in [1.807, 2.05) is 22.9 Å². The largest absolute Gasteiger partial charge is 0.497 e. The number of methoxy groups -OCH3 is 1. The van der Waals surface area contributed by atoms with Crippen LogP contribution in [0, 0.1) is 0 Å². The first-order chi connectivity index (χ1) is 18.5. The van der Waals surface area contributed by atoms with Gasteiger partial charge in [0.05, 0.1) is 18.2 Å². The average Bonchev–Trinajstić information content (AvgIpc) is 3.65. The molecule has 0 aliphatic carbocycles. The molecular weight excluding hydrogens is 480 g/mol. The summed E-state index contributed by atoms with van der Waals surface area (Å²) in [5, 5.41) is 27.1. The highest BCUT2D eigenvalue weighted by Crippen LogP contribution is 2.36. The van der Waals surface area contributed by atoms with Gasteiger partial charge in [-0.05, 0) is 71.5 Å². The number of hydrogen-bond acceptors (Lipinski definition) is 9. The lowest BCUT2D eigenvalue weighted by Crippen LogP contribution is -2.49. The Morgan fingerprint density at radius 2 is 1.68 bits per heavy atom. The average molecular weight is 513 g/mol. The van der Waals surface area contributed by atoms with Crippen LogP contribution in [0.25, 0.3) is 16.6 Å². The Hall–Kier alpha value is -4.12. The first kappa shape index (κ1) is 24.2. The lowest BCUT2D eigenvalue weighted by molar-refractivity contribution is 0.188. The van der Waals surface area contributed by atoms with Gasteiger partial charge in [0.15, 0.2) is 11.5 Å². The maximum absolute atomic E-state index is 5.47. The van der Waals surface area contributed by atoms with Crippen molar-refractivity contribution >= 4 is 22.2 Å². The molecule has 196 valence electrons. The van der Waals surface area contributed by atoms with Gasteiger partial charge >= 0.3 is 0 Å². The smallest absolute Gasteiger partial charge is 0.185 e. The number of tetrazole rings is 2. The van der Waals surface area contributed by atoms with Gasteiger partial charge in [-0.15, -0.1) is 10.2 Å². The van der Waals surface area contributed by atoms with Crippen molar-refractivity contribution in [1.29, 1.82) is 0 Å². The van der Waals surface area contributed by atoms with E-state index < -0.39 is 0 Å². The maximum Gasteiger partial charge on any atom is 0.185 e. The maximum atomic E-state index is 5.47. The fraction of sp³-hybridized carbons (Fsp3) is 0.407. The quantitative estimate of drug-likeness (QED) is 0.325. The van der Waals surface area contributed by atoms with Crippen molar-refractivity contribution in [3.05, 3.63) is 66.0 Å². The molecule has 1 fully saturated rings. The van der Waals surface area contributed by atoms with Crippen molar-refractivity contribution in [3.8, 4) is 5.75 Å². The number of hydrogen-bond donors (Lipinski definition) is 0. The van der Waals surface area contributed by atoms with Gasteiger partial charge in [-0.3, -0.25) is 4.90 Å². The van der Waals surface area contributed by atoms with Gasteiger partial charge < -0.3 is 9.64 Å². The summed E-state index contributed by atoms with van der Waals surface area (Å²) in [5.41, 5.74) is 3.53. The Morgan fingerprint density at radius 1 is 0.921 bits per heavy atom. The topological polar surface area (TPSA) is 102 Å². The molecule has 1 unspecified atom stereocenters. The first-order valence-electron chi connectivity index (χ1n) is 13.0. The molecule has 1 atom stereocenters. The van der Waals surface area contributed by atoms with Crippen LogP contribution < -0.4 is 9.64 Å². The van der Waals surface area contributed by atoms with E-state index in [2.05, 4.69) is 98.0 Å². The third-order valence-electron chi connectivity index (χ3n) is 7.78. The number of anilines is 1. The lowest BCUT2D eigenvalue weighted by Gasteiger charge is -2.40. The molecule has 2 aromatic carbocycles. The number of piperazine rings is 1. The van der Waals surface area contributed by atoms with Crippen LogP contribution in [-0.4, -0.2) is 78.4 Å². The predicted octanol–water partition coefficient (Wildman–Crippen LogP) is 3.33. The van der Waals surface area contributed by atoms with Crippen molar-refractivity contribution in [2.75, 3.05) is 38.2 Å². The van der Waals surface area contributed by atoms with Crippen LogP contribution in [0.1, 0.15) is 44.6 Å². The number of para-hydroxylation sites is 1. The highest BCUT2D eigenvalue weighted by atomic mass is 16.5. The van der Waals surface area contributed by atoms with Crippen molar-refractivity contribution in [1.82, 2.24) is 45.1 Å². The summed E-state index contributed by atoms with van der Waals surface area (Å²) < 4.78 is 9.23. The van der Waals surface area contributed by atoms with E-state index in [4.69, 9.17) is 4.74 Å². The Morgan fingerprint density at radius 3 is 2.42 bits per heavy atom. The van der Waals surface area contributed by atoms with E-state index in [0.29, 0.717) is 5.65 Å². The molecular formula is C27H32N10O. The molecule has 11 heteroatoms. The van der Waals surface area contributed by atoms with Gasteiger partial charge in [-0.2, -0.15) is 4.52 Å². The summed E-state index contributed by atoms with van der Waals surface area (Å²) in [4.78, 5) is 4.88. The second-order valence-electron chi connectivity index (χ2n) is 10.3. The highest BCUT2D eigenvalue weighted by Gasteiger charge is 2.36. The normalized spacial score (nSPS) is 15.8. The fourth-order valence-corrected chi connectivity index (χ4v) is 5.24. The number of pyridine rings is 1. The predicted molar refractivity (Wildman–Crippen MR) is 144 cm³/mol. The number of nitrogens with zero attached hydrogens (tertiary/aromatic N) is 10. The molecule has 5 aromatic rings. The van der Waals surface area contributed by atoms with Crippen molar-refractivity contribution in [2.45, 2.75) is 38.8 Å². The third-order valence-corrected chi connectivity index (χ3v) is 7.78. The molecule has 0 spiro atoms. The van der Waals surface area contributed by atoms with Crippen LogP contribution >= 0.6 is 0 Å². The molecule has 0 N–H and O–H groups in total. The van der Waals surface area contributed by atoms with Gasteiger partial charge in [-0.1, -0.05) is 25.1 Å². The van der Waals surface area contributed by atoms with Gasteiger partial charge in [0.25, 0.3) is 0 Å². The zero-order chi connectivity index (χ0) is 26.3. The fourth-order valence-electron chi connectivity index (χ4n) is 5.24. The molecule has 1 aliphatic heterocycles. The second-order valence-corrected chi connectivity index (χ2v) is 10.3. The van der Waals surface area contributed by atoms with E-state index in [1.54, 1.807) is 11.6 Å². The minimum Gasteiger partial charge on any atom is -0.497 e. The summed E-state index contributed by atoms with van der Waals surface area (Å²) >= 11 is 0. The standard InChI is InChI=1S/C27H32N10O/c1-5-27(2,3)37-26(29-31-33-37)24(35-15-13-34(14-16-35)20-9-7-6-8-10-20)22-17-19-11-12-21(38-4)18-23(19)36-25(22)28-30-32-36/h6-12,17-18,24H,5,13-16H2,1-4H3. The summed E-state index contributed by atoms with van der Waals surface area (Å²) in [7, 11) is 1.66. The molecule has 6 rings (SSSR count). The van der Waals surface area contributed by atoms with Crippen molar-refractivity contribution < 1.29 is 4.74 Å². The molecule has 0 radical (unpaired) electrons. The van der Waals surface area contributed by atoms with Crippen LogP contribution in [0.3, 0.4) is 0 Å². The van der Waals surface area contributed by atoms with Gasteiger partial charge in [0, 0.05) is 48.9 Å². The Bertz CT molecular complexity index is 1550. The van der Waals surface area contributed by atoms with Crippen molar-refractivity contribution in [2.24, 2.45) is 0 Å². The number of fused-ring (bicyclic) bond motifs is 3. The van der Waals surface area contributed by atoms with Crippen LogP contribution in [0.2, 0.25) is 0 Å². The van der Waals surface area contributed by atoms with Crippen LogP contribution in [0.5, 0.6) is 5.75 Å². The zero-order valence-corrected chi connectivity index (χ0v) is 22.2. The van der Waals surface area contributed by atoms with Crippen molar-refractivity contribution in [3.63, 3.8) is 0 Å². The SMILES string of the molecule is CCC(C)(C)n1nnnc1C(c1cc2ccc(OC)cc2n2nnnc12)N1CCN(c2ccccc2)CC1. The highest BCUT2D eigenvalue weighted by molar-refractivity contribution is 5.84. The monoisotopic (exact) mass is 512 g/mol. The van der Waals surface area contributed by atoms with Gasteiger partial charge in [-0.25, -0.2) is 4.68 Å². The molecule has 0 amide bonds. The van der Waals surface area contributed by atoms with Gasteiger partial charge in [0.2, 0.25) is 0 Å². The summed E-state index contributed by atoms with van der Waals surface area (Å²) in [6.07, 6.45) is 0.888. The third kappa shape index (κ3) is 4.12. The first-order valence-corrected chi connectivity index (χ1v) is 13.0. The summed E-state index contributed by atoms with van der Waals surface area (Å²) in [6.45, 7) is 9.96. The minimum absolute atomic E-state index is 0.228. The number of ether oxygens (including phenoxy) is 1. The molecule has 38 heavy (non-hydrogen) atoms. The van der Waals surface area contributed by atoms with Gasteiger partial charge in [0.1, 0.15) is 11.8 Å². The molecule has 1 aliphatic rings. The zero-order valence-electron chi connectivity index (χ0n) is 22.2. The van der Waals surface area contributed by atoms with E-state index in [9.17, 15) is 0 Å². The molecule has 0 bridgehead atoms. The molecule has 0 saturated carbocycles. The van der Waals surface area contributed by atoms with Crippen LogP contribution in [0.15, 0.2) is 54.6 Å². The van der Waals surface area contributed by atoms with E-state index in [0.717, 1.165) is 60.6 Å². The Balaban J connectivity index is 1.48. The summed E-state index contributed by atoms with van der Waals surface area (Å²) in [5.74, 6) is 1.55.